The molecule has 0 bridgehead atoms. The van der Waals surface area contributed by atoms with E-state index in [9.17, 15) is 4.79 Å². The second-order valence-electron chi connectivity index (χ2n) is 4.08. The van der Waals surface area contributed by atoms with Crippen molar-refractivity contribution in [2.75, 3.05) is 0 Å². The zero-order valence-electron chi connectivity index (χ0n) is 10.2. The summed E-state index contributed by atoms with van der Waals surface area (Å²) in [7, 11) is 0. The van der Waals surface area contributed by atoms with Gasteiger partial charge in [0.15, 0.2) is 0 Å². The minimum Gasteiger partial charge on any atom is -0.289 e. The molecule has 0 aliphatic carbocycles. The molecule has 5 nitrogen and oxygen atoms in total. The maximum absolute atomic E-state index is 11.7. The summed E-state index contributed by atoms with van der Waals surface area (Å²) < 4.78 is 0. The van der Waals surface area contributed by atoms with Crippen LogP contribution in [0.25, 0.3) is 10.7 Å². The van der Waals surface area contributed by atoms with E-state index in [1.165, 1.54) is 11.3 Å². The summed E-state index contributed by atoms with van der Waals surface area (Å²) in [6.45, 7) is 3.98. The predicted octanol–water partition coefficient (Wildman–Crippen LogP) is 1.93. The van der Waals surface area contributed by atoms with Crippen LogP contribution in [0.1, 0.15) is 35.1 Å². The maximum atomic E-state index is 11.7. The number of nitrogens with two attached hydrogens (primary N) is 1. The normalized spacial score (nSPS) is 10.7. The van der Waals surface area contributed by atoms with Crippen molar-refractivity contribution >= 4 is 17.2 Å². The lowest BCUT2D eigenvalue weighted by Gasteiger charge is -2.02. The van der Waals surface area contributed by atoms with Crippen molar-refractivity contribution in [1.82, 2.24) is 15.4 Å². The van der Waals surface area contributed by atoms with E-state index in [4.69, 9.17) is 5.84 Å². The Morgan fingerprint density at radius 1 is 1.44 bits per heavy atom. The summed E-state index contributed by atoms with van der Waals surface area (Å²) in [5.41, 5.74) is 3.67. The molecule has 0 atom stereocenters. The smallest absolute Gasteiger partial charge is 0.277 e. The van der Waals surface area contributed by atoms with Crippen LogP contribution in [0.2, 0.25) is 0 Å². The minimum absolute atomic E-state index is 0.158. The maximum Gasteiger partial charge on any atom is 0.277 e. The number of carbonyl (C=O) groups excluding carboxylic acids is 1. The number of amides is 1. The average molecular weight is 262 g/mol. The number of nitrogen functional groups attached to an aromatic ring is 1. The number of nitrogens with zero attached hydrogens (tertiary/aromatic N) is 2. The fourth-order valence-corrected chi connectivity index (χ4v) is 2.65. The molecule has 0 saturated heterocycles. The average Bonchev–Trinajstić information content (AvgIpc) is 2.84. The molecule has 2 aromatic rings. The van der Waals surface area contributed by atoms with Crippen molar-refractivity contribution in [3.63, 3.8) is 0 Å². The molecule has 0 aromatic carbocycles. The molecule has 2 heterocycles. The first-order chi connectivity index (χ1) is 8.63. The van der Waals surface area contributed by atoms with Gasteiger partial charge >= 0.3 is 0 Å². The molecule has 0 fully saturated rings. The van der Waals surface area contributed by atoms with E-state index < -0.39 is 0 Å². The Labute approximate surface area is 109 Å². The van der Waals surface area contributed by atoms with Crippen molar-refractivity contribution < 1.29 is 4.79 Å². The van der Waals surface area contributed by atoms with Gasteiger partial charge in [0.2, 0.25) is 0 Å². The molecule has 2 rings (SSSR count). The minimum atomic E-state index is -0.307. The number of thiazole rings is 1. The molecule has 0 aliphatic heterocycles. The summed E-state index contributed by atoms with van der Waals surface area (Å²) in [5.74, 6) is 5.04. The first-order valence-corrected chi connectivity index (χ1v) is 6.38. The van der Waals surface area contributed by atoms with E-state index in [0.29, 0.717) is 4.88 Å². The van der Waals surface area contributed by atoms with E-state index in [1.807, 2.05) is 32.0 Å². The topological polar surface area (TPSA) is 80.9 Å². The third-order valence-corrected chi connectivity index (χ3v) is 3.51. The van der Waals surface area contributed by atoms with Crippen LogP contribution in [0.4, 0.5) is 0 Å². The van der Waals surface area contributed by atoms with Crippen molar-refractivity contribution in [1.29, 1.82) is 0 Å². The Hall–Kier alpha value is -1.79. The summed E-state index contributed by atoms with van der Waals surface area (Å²) >= 11 is 1.31. The molecule has 0 unspecified atom stereocenters. The Morgan fingerprint density at radius 2 is 2.22 bits per heavy atom. The van der Waals surface area contributed by atoms with E-state index in [0.717, 1.165) is 16.4 Å². The number of rotatable bonds is 3. The van der Waals surface area contributed by atoms with E-state index in [-0.39, 0.29) is 11.8 Å². The number of hydrogen-bond donors (Lipinski definition) is 2. The third-order valence-electron chi connectivity index (χ3n) is 2.42. The van der Waals surface area contributed by atoms with Gasteiger partial charge in [-0.3, -0.25) is 15.2 Å². The van der Waals surface area contributed by atoms with Crippen LogP contribution in [0.3, 0.4) is 0 Å². The van der Waals surface area contributed by atoms with Crippen LogP contribution >= 0.6 is 11.3 Å². The van der Waals surface area contributed by atoms with Gasteiger partial charge in [-0.25, -0.2) is 10.8 Å². The first kappa shape index (κ1) is 12.7. The Morgan fingerprint density at radius 3 is 2.78 bits per heavy atom. The lowest BCUT2D eigenvalue weighted by atomic mass is 10.1. The quantitative estimate of drug-likeness (QED) is 0.503. The number of pyridine rings is 1. The van der Waals surface area contributed by atoms with Gasteiger partial charge < -0.3 is 0 Å². The highest BCUT2D eigenvalue weighted by Crippen LogP contribution is 2.30. The summed E-state index contributed by atoms with van der Waals surface area (Å²) in [4.78, 5) is 21.0. The molecule has 0 spiro atoms. The molecular weight excluding hydrogens is 248 g/mol. The molecule has 0 aliphatic rings. The van der Waals surface area contributed by atoms with E-state index in [1.54, 1.807) is 6.20 Å². The molecule has 94 valence electrons. The standard InChI is InChI=1S/C12H14N4OS/c1-7(2)9-10(11(17)16-13)18-12(15-9)8-5-3-4-6-14-8/h3-7H,13H2,1-2H3,(H,16,17). The fourth-order valence-electron chi connectivity index (χ4n) is 1.55. The van der Waals surface area contributed by atoms with Crippen molar-refractivity contribution in [2.24, 2.45) is 5.84 Å². The summed E-state index contributed by atoms with van der Waals surface area (Å²) in [6, 6.07) is 5.60. The molecule has 3 N–H and O–H groups in total. The number of aromatic nitrogens is 2. The molecule has 18 heavy (non-hydrogen) atoms. The molecule has 6 heteroatoms. The van der Waals surface area contributed by atoms with Gasteiger partial charge in [-0.2, -0.15) is 0 Å². The lowest BCUT2D eigenvalue weighted by molar-refractivity contribution is 0.0956. The first-order valence-electron chi connectivity index (χ1n) is 5.56. The monoisotopic (exact) mass is 262 g/mol. The van der Waals surface area contributed by atoms with Crippen LogP contribution in [-0.4, -0.2) is 15.9 Å². The molecule has 2 aromatic heterocycles. The second kappa shape index (κ2) is 5.24. The van der Waals surface area contributed by atoms with E-state index in [2.05, 4.69) is 15.4 Å². The van der Waals surface area contributed by atoms with Crippen molar-refractivity contribution in [3.8, 4) is 10.7 Å². The largest absolute Gasteiger partial charge is 0.289 e. The van der Waals surface area contributed by atoms with Crippen LogP contribution in [0.5, 0.6) is 0 Å². The van der Waals surface area contributed by atoms with Gasteiger partial charge in [0.1, 0.15) is 9.88 Å². The van der Waals surface area contributed by atoms with Crippen molar-refractivity contribution in [2.45, 2.75) is 19.8 Å². The summed E-state index contributed by atoms with van der Waals surface area (Å²) in [5, 5.41) is 0.734. The Balaban J connectivity index is 2.49. The van der Waals surface area contributed by atoms with Crippen LogP contribution in [0.15, 0.2) is 24.4 Å². The highest BCUT2D eigenvalue weighted by Gasteiger charge is 2.20. The van der Waals surface area contributed by atoms with Crippen LogP contribution in [-0.2, 0) is 0 Å². The number of nitrogens with one attached hydrogen (secondary N) is 1. The number of carbonyl (C=O) groups is 1. The third kappa shape index (κ3) is 2.39. The summed E-state index contributed by atoms with van der Waals surface area (Å²) in [6.07, 6.45) is 1.70. The Kier molecular flexibility index (Phi) is 3.69. The zero-order valence-corrected chi connectivity index (χ0v) is 11.0. The second-order valence-corrected chi connectivity index (χ2v) is 5.08. The molecular formula is C12H14N4OS. The van der Waals surface area contributed by atoms with Crippen LogP contribution < -0.4 is 11.3 Å². The molecule has 1 amide bonds. The highest BCUT2D eigenvalue weighted by atomic mass is 32.1. The van der Waals surface area contributed by atoms with Gasteiger partial charge in [0.25, 0.3) is 5.91 Å². The van der Waals surface area contributed by atoms with E-state index >= 15 is 0 Å². The lowest BCUT2D eigenvalue weighted by Crippen LogP contribution is -2.30. The molecule has 0 radical (unpaired) electrons. The van der Waals surface area contributed by atoms with Gasteiger partial charge in [0, 0.05) is 6.20 Å². The van der Waals surface area contributed by atoms with Gasteiger partial charge in [-0.1, -0.05) is 19.9 Å². The molecule has 0 saturated carbocycles. The SMILES string of the molecule is CC(C)c1nc(-c2ccccn2)sc1C(=O)NN. The van der Waals surface area contributed by atoms with Crippen molar-refractivity contribution in [3.05, 3.63) is 35.0 Å². The van der Waals surface area contributed by atoms with Gasteiger partial charge in [-0.05, 0) is 18.1 Å². The predicted molar refractivity (Wildman–Crippen MR) is 71.1 cm³/mol. The van der Waals surface area contributed by atoms with Gasteiger partial charge in [0.05, 0.1) is 11.4 Å². The zero-order chi connectivity index (χ0) is 13.1. The van der Waals surface area contributed by atoms with Crippen LogP contribution in [0, 0.1) is 0 Å². The van der Waals surface area contributed by atoms with Gasteiger partial charge in [-0.15, -0.1) is 11.3 Å². The Bertz CT molecular complexity index is 550. The number of hydrazine groups is 1. The fraction of sp³-hybridized carbons (Fsp3) is 0.250. The number of hydrogen-bond acceptors (Lipinski definition) is 5. The highest BCUT2D eigenvalue weighted by molar-refractivity contribution is 7.17.